The zero-order valence-corrected chi connectivity index (χ0v) is 15.2. The van der Waals surface area contributed by atoms with Gasteiger partial charge in [-0.2, -0.15) is 0 Å². The molecule has 1 atom stereocenters. The van der Waals surface area contributed by atoms with Crippen LogP contribution in [0.5, 0.6) is 0 Å². The predicted molar refractivity (Wildman–Crippen MR) is 93.1 cm³/mol. The molecule has 0 bridgehead atoms. The van der Waals surface area contributed by atoms with Crippen LogP contribution in [0, 0.1) is 0 Å². The van der Waals surface area contributed by atoms with Crippen LogP contribution in [0.2, 0.25) is 0 Å². The fraction of sp³-hybridized carbons (Fsp3) is 0.438. The summed E-state index contributed by atoms with van der Waals surface area (Å²) >= 11 is 0.981. The summed E-state index contributed by atoms with van der Waals surface area (Å²) < 4.78 is 33.3. The van der Waals surface area contributed by atoms with Crippen molar-refractivity contribution < 1.29 is 22.7 Å². The third-order valence-corrected chi connectivity index (χ3v) is 7.15. The SMILES string of the molecule is O=C(O)Cc1ccc(S(=O)(=O)NCC(c2ccco2)N2CCCC2)s1. The lowest BCUT2D eigenvalue weighted by Crippen LogP contribution is -2.36. The van der Waals surface area contributed by atoms with Gasteiger partial charge in [0.15, 0.2) is 0 Å². The van der Waals surface area contributed by atoms with Gasteiger partial charge in [-0.05, 0) is 50.2 Å². The van der Waals surface area contributed by atoms with Crippen LogP contribution in [-0.2, 0) is 21.2 Å². The van der Waals surface area contributed by atoms with Gasteiger partial charge in [-0.1, -0.05) is 0 Å². The van der Waals surface area contributed by atoms with Crippen LogP contribution in [0.15, 0.2) is 39.2 Å². The van der Waals surface area contributed by atoms with Crippen LogP contribution >= 0.6 is 11.3 Å². The molecule has 0 spiro atoms. The third kappa shape index (κ3) is 4.49. The number of hydrogen-bond donors (Lipinski definition) is 2. The Hall–Kier alpha value is -1.68. The minimum absolute atomic E-state index is 0.128. The largest absolute Gasteiger partial charge is 0.481 e. The van der Waals surface area contributed by atoms with Gasteiger partial charge in [-0.3, -0.25) is 9.69 Å². The summed E-state index contributed by atoms with van der Waals surface area (Å²) in [6.07, 6.45) is 3.59. The second kappa shape index (κ2) is 7.69. The number of carboxylic acids is 1. The molecule has 0 radical (unpaired) electrons. The first kappa shape index (κ1) is 18.1. The molecule has 0 aliphatic carbocycles. The lowest BCUT2D eigenvalue weighted by Gasteiger charge is -2.25. The van der Waals surface area contributed by atoms with Crippen molar-refractivity contribution in [3.05, 3.63) is 41.2 Å². The number of carboxylic acid groups (broad SMARTS) is 1. The lowest BCUT2D eigenvalue weighted by atomic mass is 10.2. The molecule has 9 heteroatoms. The van der Waals surface area contributed by atoms with E-state index in [2.05, 4.69) is 9.62 Å². The van der Waals surface area contributed by atoms with E-state index in [0.717, 1.165) is 43.0 Å². The van der Waals surface area contributed by atoms with Crippen molar-refractivity contribution in [3.8, 4) is 0 Å². The number of furan rings is 1. The van der Waals surface area contributed by atoms with Gasteiger partial charge in [-0.25, -0.2) is 13.1 Å². The van der Waals surface area contributed by atoms with Crippen molar-refractivity contribution in [2.75, 3.05) is 19.6 Å². The van der Waals surface area contributed by atoms with Crippen LogP contribution in [-0.4, -0.2) is 44.0 Å². The molecule has 3 heterocycles. The van der Waals surface area contributed by atoms with Crippen molar-refractivity contribution in [3.63, 3.8) is 0 Å². The molecule has 0 aromatic carbocycles. The Balaban J connectivity index is 1.71. The quantitative estimate of drug-likeness (QED) is 0.723. The molecule has 0 amide bonds. The van der Waals surface area contributed by atoms with Crippen molar-refractivity contribution in [1.82, 2.24) is 9.62 Å². The number of aliphatic carboxylic acids is 1. The van der Waals surface area contributed by atoms with Gasteiger partial charge in [-0.15, -0.1) is 11.3 Å². The number of carbonyl (C=O) groups is 1. The molecule has 2 aromatic rings. The number of hydrogen-bond acceptors (Lipinski definition) is 6. The molecule has 1 saturated heterocycles. The molecular weight excluding hydrogens is 364 g/mol. The molecule has 1 fully saturated rings. The third-order valence-electron chi connectivity index (χ3n) is 4.15. The highest BCUT2D eigenvalue weighted by atomic mass is 32.2. The van der Waals surface area contributed by atoms with Crippen LogP contribution in [0.4, 0.5) is 0 Å². The summed E-state index contributed by atoms with van der Waals surface area (Å²) in [5.41, 5.74) is 0. The molecular formula is C16H20N2O5S2. The standard InChI is InChI=1S/C16H20N2O5S2/c19-15(20)10-12-5-6-16(24-12)25(21,22)17-11-13(14-4-3-9-23-14)18-7-1-2-8-18/h3-6,9,13,17H,1-2,7-8,10-11H2,(H,19,20). The Labute approximate surface area is 150 Å². The van der Waals surface area contributed by atoms with Gasteiger partial charge in [0.1, 0.15) is 9.97 Å². The summed E-state index contributed by atoms with van der Waals surface area (Å²) in [6, 6.07) is 6.49. The smallest absolute Gasteiger partial charge is 0.308 e. The van der Waals surface area contributed by atoms with E-state index in [0.29, 0.717) is 4.88 Å². The summed E-state index contributed by atoms with van der Waals surface area (Å²) in [5.74, 6) is -0.243. The first-order valence-corrected chi connectivity index (χ1v) is 10.3. The van der Waals surface area contributed by atoms with Crippen molar-refractivity contribution in [2.45, 2.75) is 29.5 Å². The lowest BCUT2D eigenvalue weighted by molar-refractivity contribution is -0.136. The maximum atomic E-state index is 12.5. The van der Waals surface area contributed by atoms with Crippen molar-refractivity contribution in [2.24, 2.45) is 0 Å². The van der Waals surface area contributed by atoms with Gasteiger partial charge in [0, 0.05) is 11.4 Å². The first-order chi connectivity index (χ1) is 12.0. The van der Waals surface area contributed by atoms with Crippen LogP contribution in [0.25, 0.3) is 0 Å². The van der Waals surface area contributed by atoms with Crippen LogP contribution in [0.3, 0.4) is 0 Å². The summed E-state index contributed by atoms with van der Waals surface area (Å²) in [4.78, 5) is 13.5. The molecule has 25 heavy (non-hydrogen) atoms. The topological polar surface area (TPSA) is 99.8 Å². The first-order valence-electron chi connectivity index (χ1n) is 8.03. The maximum Gasteiger partial charge on any atom is 0.308 e. The molecule has 7 nitrogen and oxygen atoms in total. The average Bonchev–Trinajstić information content (AvgIpc) is 3.29. The Kier molecular flexibility index (Phi) is 5.57. The predicted octanol–water partition coefficient (Wildman–Crippen LogP) is 2.08. The van der Waals surface area contributed by atoms with E-state index in [1.165, 1.54) is 12.1 Å². The molecule has 2 N–H and O–H groups in total. The Morgan fingerprint density at radius 3 is 2.72 bits per heavy atom. The van der Waals surface area contributed by atoms with E-state index >= 15 is 0 Å². The molecule has 0 saturated carbocycles. The Bertz CT molecular complexity index is 807. The zero-order chi connectivity index (χ0) is 17.9. The molecule has 1 unspecified atom stereocenters. The van der Waals surface area contributed by atoms with Gasteiger partial charge in [0.05, 0.1) is 18.7 Å². The van der Waals surface area contributed by atoms with Gasteiger partial charge in [0.25, 0.3) is 0 Å². The second-order valence-corrected chi connectivity index (χ2v) is 9.08. The molecule has 1 aliphatic rings. The van der Waals surface area contributed by atoms with Gasteiger partial charge < -0.3 is 9.52 Å². The van der Waals surface area contributed by atoms with E-state index < -0.39 is 16.0 Å². The van der Waals surface area contributed by atoms with Crippen molar-refractivity contribution >= 4 is 27.3 Å². The van der Waals surface area contributed by atoms with Gasteiger partial charge >= 0.3 is 5.97 Å². The Morgan fingerprint density at radius 1 is 1.32 bits per heavy atom. The second-order valence-electron chi connectivity index (χ2n) is 5.92. The Morgan fingerprint density at radius 2 is 2.08 bits per heavy atom. The van der Waals surface area contributed by atoms with Gasteiger partial charge in [0.2, 0.25) is 10.0 Å². The maximum absolute atomic E-state index is 12.5. The summed E-state index contributed by atoms with van der Waals surface area (Å²) in [5, 5.41) is 8.81. The number of thiophene rings is 1. The van der Waals surface area contributed by atoms with E-state index in [1.54, 1.807) is 12.3 Å². The van der Waals surface area contributed by atoms with Crippen LogP contribution in [0.1, 0.15) is 29.5 Å². The highest BCUT2D eigenvalue weighted by Gasteiger charge is 2.28. The molecule has 3 rings (SSSR count). The summed E-state index contributed by atoms with van der Waals surface area (Å²) in [6.45, 7) is 2.03. The minimum Gasteiger partial charge on any atom is -0.481 e. The fourth-order valence-corrected chi connectivity index (χ4v) is 5.38. The van der Waals surface area contributed by atoms with E-state index in [4.69, 9.17) is 9.52 Å². The highest BCUT2D eigenvalue weighted by Crippen LogP contribution is 2.26. The van der Waals surface area contributed by atoms with Crippen molar-refractivity contribution in [1.29, 1.82) is 0 Å². The minimum atomic E-state index is -3.68. The van der Waals surface area contributed by atoms with E-state index in [1.807, 2.05) is 6.07 Å². The van der Waals surface area contributed by atoms with E-state index in [9.17, 15) is 13.2 Å². The number of sulfonamides is 1. The van der Waals surface area contributed by atoms with Crippen LogP contribution < -0.4 is 4.72 Å². The molecule has 1 aliphatic heterocycles. The van der Waals surface area contributed by atoms with E-state index in [-0.39, 0.29) is 23.2 Å². The fourth-order valence-electron chi connectivity index (χ4n) is 2.95. The molecule has 2 aromatic heterocycles. The monoisotopic (exact) mass is 384 g/mol. The number of likely N-dealkylation sites (tertiary alicyclic amines) is 1. The summed E-state index contributed by atoms with van der Waals surface area (Å²) in [7, 11) is -3.68. The number of nitrogens with one attached hydrogen (secondary N) is 1. The molecule has 136 valence electrons. The zero-order valence-electron chi connectivity index (χ0n) is 13.6. The normalized spacial score (nSPS) is 17.0. The average molecular weight is 384 g/mol. The highest BCUT2D eigenvalue weighted by molar-refractivity contribution is 7.91. The number of nitrogens with zero attached hydrogens (tertiary/aromatic N) is 1. The number of rotatable bonds is 8.